The summed E-state index contributed by atoms with van der Waals surface area (Å²) in [6, 6.07) is 11.8. The third kappa shape index (κ3) is 4.54. The van der Waals surface area contributed by atoms with Crippen LogP contribution >= 0.6 is 11.6 Å². The SMILES string of the molecule is CNC(=O)c1cc([N+](=O)[O-])ccc1N1CCCC(COc2ccccc2Cl)C1. The minimum atomic E-state index is -0.493. The zero-order chi connectivity index (χ0) is 20.1. The topological polar surface area (TPSA) is 84.7 Å². The van der Waals surface area contributed by atoms with Gasteiger partial charge in [0.15, 0.2) is 0 Å². The first kappa shape index (κ1) is 19.9. The van der Waals surface area contributed by atoms with Crippen LogP contribution in [-0.2, 0) is 0 Å². The van der Waals surface area contributed by atoms with E-state index in [1.54, 1.807) is 12.1 Å². The lowest BCUT2D eigenvalue weighted by atomic mass is 9.97. The van der Waals surface area contributed by atoms with Crippen molar-refractivity contribution in [2.45, 2.75) is 12.8 Å². The van der Waals surface area contributed by atoms with E-state index in [1.165, 1.54) is 19.2 Å². The molecule has 1 fully saturated rings. The largest absolute Gasteiger partial charge is 0.492 e. The lowest BCUT2D eigenvalue weighted by molar-refractivity contribution is -0.384. The first-order valence-electron chi connectivity index (χ1n) is 9.12. The van der Waals surface area contributed by atoms with Crippen LogP contribution in [0.2, 0.25) is 5.02 Å². The van der Waals surface area contributed by atoms with Crippen molar-refractivity contribution in [2.75, 3.05) is 31.6 Å². The highest BCUT2D eigenvalue weighted by molar-refractivity contribution is 6.32. The van der Waals surface area contributed by atoms with E-state index in [-0.39, 0.29) is 17.5 Å². The van der Waals surface area contributed by atoms with Crippen LogP contribution in [0.5, 0.6) is 5.75 Å². The third-order valence-electron chi connectivity index (χ3n) is 4.83. The number of nitrogens with one attached hydrogen (secondary N) is 1. The molecule has 148 valence electrons. The Labute approximate surface area is 168 Å². The number of rotatable bonds is 6. The minimum Gasteiger partial charge on any atom is -0.492 e. The van der Waals surface area contributed by atoms with Crippen LogP contribution in [0.15, 0.2) is 42.5 Å². The van der Waals surface area contributed by atoms with Crippen molar-refractivity contribution in [3.8, 4) is 5.75 Å². The van der Waals surface area contributed by atoms with E-state index in [4.69, 9.17) is 16.3 Å². The van der Waals surface area contributed by atoms with Gasteiger partial charge in [0.05, 0.1) is 27.8 Å². The van der Waals surface area contributed by atoms with E-state index >= 15 is 0 Å². The number of nitro benzene ring substituents is 1. The predicted molar refractivity (Wildman–Crippen MR) is 108 cm³/mol. The van der Waals surface area contributed by atoms with Crippen LogP contribution < -0.4 is 15.0 Å². The molecular formula is C20H22ClN3O4. The summed E-state index contributed by atoms with van der Waals surface area (Å²) in [6.45, 7) is 2.00. The van der Waals surface area contributed by atoms with E-state index in [0.717, 1.165) is 19.4 Å². The number of amides is 1. The lowest BCUT2D eigenvalue weighted by Gasteiger charge is -2.35. The fourth-order valence-corrected chi connectivity index (χ4v) is 3.61. The van der Waals surface area contributed by atoms with E-state index in [9.17, 15) is 14.9 Å². The fraction of sp³-hybridized carbons (Fsp3) is 0.350. The van der Waals surface area contributed by atoms with E-state index in [0.29, 0.717) is 35.2 Å². The number of non-ortho nitro benzene ring substituents is 1. The number of nitro groups is 1. The number of nitrogens with zero attached hydrogens (tertiary/aromatic N) is 2. The standard InChI is InChI=1S/C20H22ClN3O4/c1-22-20(25)16-11-15(24(26)27)8-9-18(16)23-10-4-5-14(12-23)13-28-19-7-3-2-6-17(19)21/h2-3,6-9,11,14H,4-5,10,12-13H2,1H3,(H,22,25). The first-order chi connectivity index (χ1) is 13.5. The monoisotopic (exact) mass is 403 g/mol. The minimum absolute atomic E-state index is 0.0991. The Bertz CT molecular complexity index is 874. The molecule has 1 saturated heterocycles. The molecule has 3 rings (SSSR count). The lowest BCUT2D eigenvalue weighted by Crippen LogP contribution is -2.39. The quantitative estimate of drug-likeness (QED) is 0.584. The third-order valence-corrected chi connectivity index (χ3v) is 5.15. The number of hydrogen-bond donors (Lipinski definition) is 1. The summed E-state index contributed by atoms with van der Waals surface area (Å²) in [5.41, 5.74) is 0.912. The maximum absolute atomic E-state index is 12.3. The molecule has 1 atom stereocenters. The van der Waals surface area contributed by atoms with Crippen molar-refractivity contribution in [1.82, 2.24) is 5.32 Å². The molecule has 0 bridgehead atoms. The Morgan fingerprint density at radius 2 is 2.14 bits per heavy atom. The number of halogens is 1. The number of carbonyl (C=O) groups excluding carboxylic acids is 1. The molecule has 28 heavy (non-hydrogen) atoms. The summed E-state index contributed by atoms with van der Waals surface area (Å²) in [6.07, 6.45) is 1.95. The highest BCUT2D eigenvalue weighted by atomic mass is 35.5. The molecule has 1 aliphatic heterocycles. The number of benzene rings is 2. The van der Waals surface area contributed by atoms with Gasteiger partial charge in [-0.2, -0.15) is 0 Å². The van der Waals surface area contributed by atoms with Crippen molar-refractivity contribution in [3.05, 3.63) is 63.2 Å². The molecule has 2 aromatic rings. The predicted octanol–water partition coefficient (Wildman–Crippen LogP) is 3.90. The second kappa shape index (κ2) is 8.93. The van der Waals surface area contributed by atoms with Gasteiger partial charge in [-0.1, -0.05) is 23.7 Å². The molecule has 8 heteroatoms. The van der Waals surface area contributed by atoms with E-state index in [2.05, 4.69) is 10.2 Å². The summed E-state index contributed by atoms with van der Waals surface area (Å²) in [5, 5.41) is 14.2. The Morgan fingerprint density at radius 3 is 2.86 bits per heavy atom. The van der Waals surface area contributed by atoms with Gasteiger partial charge in [-0.25, -0.2) is 0 Å². The van der Waals surface area contributed by atoms with Crippen LogP contribution in [0, 0.1) is 16.0 Å². The van der Waals surface area contributed by atoms with Crippen molar-refractivity contribution >= 4 is 28.9 Å². The van der Waals surface area contributed by atoms with E-state index in [1.807, 2.05) is 18.2 Å². The van der Waals surface area contributed by atoms with Gasteiger partial charge in [-0.3, -0.25) is 14.9 Å². The summed E-state index contributed by atoms with van der Waals surface area (Å²) in [5.74, 6) is 0.577. The molecular weight excluding hydrogens is 382 g/mol. The zero-order valence-electron chi connectivity index (χ0n) is 15.6. The summed E-state index contributed by atoms with van der Waals surface area (Å²) < 4.78 is 5.88. The van der Waals surface area contributed by atoms with Crippen LogP contribution in [0.4, 0.5) is 11.4 Å². The average Bonchev–Trinajstić information content (AvgIpc) is 2.72. The first-order valence-corrected chi connectivity index (χ1v) is 9.50. The highest BCUT2D eigenvalue weighted by Crippen LogP contribution is 2.30. The van der Waals surface area contributed by atoms with Crippen LogP contribution in [0.1, 0.15) is 23.2 Å². The van der Waals surface area contributed by atoms with Gasteiger partial charge < -0.3 is 15.0 Å². The van der Waals surface area contributed by atoms with Crippen LogP contribution in [0.25, 0.3) is 0 Å². The molecule has 0 radical (unpaired) electrons. The van der Waals surface area contributed by atoms with Crippen molar-refractivity contribution in [3.63, 3.8) is 0 Å². The maximum atomic E-state index is 12.3. The molecule has 1 unspecified atom stereocenters. The summed E-state index contributed by atoms with van der Waals surface area (Å²) >= 11 is 6.14. The molecule has 1 aliphatic rings. The van der Waals surface area contributed by atoms with Gasteiger partial charge in [-0.05, 0) is 31.0 Å². The number of anilines is 1. The number of para-hydroxylation sites is 1. The summed E-state index contributed by atoms with van der Waals surface area (Å²) in [4.78, 5) is 25.0. The van der Waals surface area contributed by atoms with Crippen molar-refractivity contribution in [1.29, 1.82) is 0 Å². The number of hydrogen-bond acceptors (Lipinski definition) is 5. The second-order valence-electron chi connectivity index (χ2n) is 6.73. The fourth-order valence-electron chi connectivity index (χ4n) is 3.42. The molecule has 2 aromatic carbocycles. The smallest absolute Gasteiger partial charge is 0.270 e. The molecule has 7 nitrogen and oxygen atoms in total. The van der Waals surface area contributed by atoms with Gasteiger partial charge in [0.2, 0.25) is 0 Å². The van der Waals surface area contributed by atoms with E-state index < -0.39 is 4.92 Å². The number of carbonyl (C=O) groups is 1. The highest BCUT2D eigenvalue weighted by Gasteiger charge is 2.25. The number of piperidine rings is 1. The van der Waals surface area contributed by atoms with Crippen molar-refractivity contribution in [2.24, 2.45) is 5.92 Å². The normalized spacial score (nSPS) is 16.5. The van der Waals surface area contributed by atoms with Gasteiger partial charge in [0.25, 0.3) is 11.6 Å². The molecule has 1 N–H and O–H groups in total. The Balaban J connectivity index is 1.75. The molecule has 0 aromatic heterocycles. The van der Waals surface area contributed by atoms with Crippen molar-refractivity contribution < 1.29 is 14.5 Å². The Hall–Kier alpha value is -2.80. The summed E-state index contributed by atoms with van der Waals surface area (Å²) in [7, 11) is 1.52. The van der Waals surface area contributed by atoms with Gasteiger partial charge >= 0.3 is 0 Å². The Morgan fingerprint density at radius 1 is 1.36 bits per heavy atom. The average molecular weight is 404 g/mol. The molecule has 0 spiro atoms. The molecule has 0 saturated carbocycles. The molecule has 0 aliphatic carbocycles. The van der Waals surface area contributed by atoms with Crippen LogP contribution in [-0.4, -0.2) is 37.6 Å². The zero-order valence-corrected chi connectivity index (χ0v) is 16.3. The molecule has 1 heterocycles. The van der Waals surface area contributed by atoms with Gasteiger partial charge in [0.1, 0.15) is 5.75 Å². The van der Waals surface area contributed by atoms with Crippen LogP contribution in [0.3, 0.4) is 0 Å². The second-order valence-corrected chi connectivity index (χ2v) is 7.14. The number of ether oxygens (including phenoxy) is 1. The molecule has 1 amide bonds. The van der Waals surface area contributed by atoms with Gasteiger partial charge in [0, 0.05) is 38.2 Å². The van der Waals surface area contributed by atoms with Gasteiger partial charge in [-0.15, -0.1) is 0 Å². The maximum Gasteiger partial charge on any atom is 0.270 e. The Kier molecular flexibility index (Phi) is 6.36.